The zero-order valence-electron chi connectivity index (χ0n) is 15.6. The van der Waals surface area contributed by atoms with Crippen LogP contribution in [0.15, 0.2) is 53.1 Å². The summed E-state index contributed by atoms with van der Waals surface area (Å²) in [7, 11) is 1.53. The van der Waals surface area contributed by atoms with Crippen molar-refractivity contribution in [2.45, 2.75) is 18.8 Å². The summed E-state index contributed by atoms with van der Waals surface area (Å²) in [6, 6.07) is 15.2. The van der Waals surface area contributed by atoms with Crippen molar-refractivity contribution in [3.8, 4) is 5.75 Å². The summed E-state index contributed by atoms with van der Waals surface area (Å²) in [6.07, 6.45) is 0. The van der Waals surface area contributed by atoms with Crippen molar-refractivity contribution >= 4 is 17.5 Å². The molecule has 4 rings (SSSR count). The van der Waals surface area contributed by atoms with E-state index >= 15 is 0 Å². The number of halogens is 1. The van der Waals surface area contributed by atoms with Gasteiger partial charge >= 0.3 is 0 Å². The van der Waals surface area contributed by atoms with Crippen molar-refractivity contribution in [3.05, 3.63) is 76.4 Å². The van der Waals surface area contributed by atoms with Gasteiger partial charge in [-0.1, -0.05) is 47.1 Å². The number of aryl methyl sites for hydroxylation is 1. The summed E-state index contributed by atoms with van der Waals surface area (Å²) < 4.78 is 10.8. The average molecular weight is 398 g/mol. The monoisotopic (exact) mass is 397 g/mol. The summed E-state index contributed by atoms with van der Waals surface area (Å²) in [5.74, 6) is 1.52. The number of carbonyl (C=O) groups excluding carboxylic acids is 1. The van der Waals surface area contributed by atoms with E-state index in [2.05, 4.69) is 22.3 Å². The zero-order chi connectivity index (χ0) is 19.7. The van der Waals surface area contributed by atoms with Gasteiger partial charge in [-0.25, -0.2) is 0 Å². The molecule has 1 aromatic heterocycles. The molecule has 0 saturated carbocycles. The Balaban J connectivity index is 1.67. The molecular weight excluding hydrogens is 378 g/mol. The van der Waals surface area contributed by atoms with Gasteiger partial charge in [0.05, 0.1) is 18.6 Å². The Kier molecular flexibility index (Phi) is 5.05. The van der Waals surface area contributed by atoms with Gasteiger partial charge in [0, 0.05) is 24.0 Å². The Labute approximate surface area is 168 Å². The average Bonchev–Trinajstić information content (AvgIpc) is 3.34. The molecular formula is C21H20ClN3O3. The van der Waals surface area contributed by atoms with Crippen LogP contribution in [0.3, 0.4) is 0 Å². The number of benzene rings is 2. The summed E-state index contributed by atoms with van der Waals surface area (Å²) in [5, 5.41) is 4.45. The van der Waals surface area contributed by atoms with Crippen molar-refractivity contribution < 1.29 is 14.1 Å². The van der Waals surface area contributed by atoms with E-state index in [0.717, 1.165) is 5.56 Å². The van der Waals surface area contributed by atoms with Crippen LogP contribution >= 0.6 is 11.6 Å². The first-order valence-electron chi connectivity index (χ1n) is 9.04. The number of likely N-dealkylation sites (tertiary alicyclic amines) is 1. The maximum Gasteiger partial charge on any atom is 0.257 e. The standard InChI is InChI=1S/C21H20ClN3O3/c1-13-23-20(28-24-13)18-12-25(11-17(18)14-6-4-3-5-7-14)21(26)16-9-8-15(22)10-19(16)27-2/h3-10,17-18H,11-12H2,1-2H3. The summed E-state index contributed by atoms with van der Waals surface area (Å²) >= 11 is 6.04. The first-order valence-corrected chi connectivity index (χ1v) is 9.42. The number of nitrogens with zero attached hydrogens (tertiary/aromatic N) is 3. The lowest BCUT2D eigenvalue weighted by Gasteiger charge is -2.18. The van der Waals surface area contributed by atoms with E-state index in [1.807, 2.05) is 23.1 Å². The molecule has 2 atom stereocenters. The van der Waals surface area contributed by atoms with Gasteiger partial charge in [-0.05, 0) is 30.7 Å². The molecule has 7 heteroatoms. The lowest BCUT2D eigenvalue weighted by molar-refractivity contribution is 0.0784. The van der Waals surface area contributed by atoms with Crippen LogP contribution in [0.2, 0.25) is 5.02 Å². The van der Waals surface area contributed by atoms with Gasteiger partial charge in [-0.2, -0.15) is 4.98 Å². The number of aromatic nitrogens is 2. The molecule has 6 nitrogen and oxygen atoms in total. The molecule has 144 valence electrons. The molecule has 0 radical (unpaired) electrons. The molecule has 2 aromatic carbocycles. The maximum absolute atomic E-state index is 13.2. The highest BCUT2D eigenvalue weighted by atomic mass is 35.5. The lowest BCUT2D eigenvalue weighted by atomic mass is 9.89. The van der Waals surface area contributed by atoms with Crippen LogP contribution < -0.4 is 4.74 Å². The summed E-state index contributed by atoms with van der Waals surface area (Å²) in [6.45, 7) is 2.84. The van der Waals surface area contributed by atoms with Crippen LogP contribution in [0.5, 0.6) is 5.75 Å². The third-order valence-corrected chi connectivity index (χ3v) is 5.32. The van der Waals surface area contributed by atoms with Crippen molar-refractivity contribution in [2.75, 3.05) is 20.2 Å². The second kappa shape index (κ2) is 7.64. The molecule has 1 fully saturated rings. The Morgan fingerprint density at radius 3 is 2.61 bits per heavy atom. The smallest absolute Gasteiger partial charge is 0.257 e. The predicted molar refractivity (Wildman–Crippen MR) is 105 cm³/mol. The summed E-state index contributed by atoms with van der Waals surface area (Å²) in [4.78, 5) is 19.5. The fourth-order valence-electron chi connectivity index (χ4n) is 3.73. The van der Waals surface area contributed by atoms with Gasteiger partial charge in [0.15, 0.2) is 5.82 Å². The first kappa shape index (κ1) is 18.5. The third kappa shape index (κ3) is 3.47. The maximum atomic E-state index is 13.2. The molecule has 1 aliphatic heterocycles. The minimum Gasteiger partial charge on any atom is -0.496 e. The Morgan fingerprint density at radius 2 is 1.93 bits per heavy atom. The van der Waals surface area contributed by atoms with E-state index in [1.165, 1.54) is 7.11 Å². The highest BCUT2D eigenvalue weighted by Crippen LogP contribution is 2.40. The van der Waals surface area contributed by atoms with Gasteiger partial charge in [0.25, 0.3) is 5.91 Å². The lowest BCUT2D eigenvalue weighted by Crippen LogP contribution is -2.29. The van der Waals surface area contributed by atoms with E-state index < -0.39 is 0 Å². The quantitative estimate of drug-likeness (QED) is 0.664. The number of hydrogen-bond donors (Lipinski definition) is 0. The highest BCUT2D eigenvalue weighted by Gasteiger charge is 2.40. The van der Waals surface area contributed by atoms with Gasteiger partial charge in [-0.3, -0.25) is 4.79 Å². The third-order valence-electron chi connectivity index (χ3n) is 5.09. The van der Waals surface area contributed by atoms with Gasteiger partial charge < -0.3 is 14.2 Å². The fourth-order valence-corrected chi connectivity index (χ4v) is 3.90. The number of methoxy groups -OCH3 is 1. The van der Waals surface area contributed by atoms with Crippen LogP contribution in [0.1, 0.15) is 39.5 Å². The Hall–Kier alpha value is -2.86. The van der Waals surface area contributed by atoms with Crippen molar-refractivity contribution in [2.24, 2.45) is 0 Å². The van der Waals surface area contributed by atoms with Crippen LogP contribution in [0, 0.1) is 6.92 Å². The van der Waals surface area contributed by atoms with E-state index in [-0.39, 0.29) is 17.7 Å². The molecule has 1 amide bonds. The SMILES string of the molecule is COc1cc(Cl)ccc1C(=O)N1CC(c2ccccc2)C(c2nc(C)no2)C1. The fraction of sp³-hybridized carbons (Fsp3) is 0.286. The molecule has 0 N–H and O–H groups in total. The van der Waals surface area contributed by atoms with Gasteiger partial charge in [-0.15, -0.1) is 0 Å². The van der Waals surface area contributed by atoms with Gasteiger partial charge in [0.1, 0.15) is 5.75 Å². The number of ether oxygens (including phenoxy) is 1. The Bertz CT molecular complexity index is 990. The minimum absolute atomic E-state index is 0.0640. The number of carbonyl (C=O) groups is 1. The molecule has 1 aliphatic rings. The number of hydrogen-bond acceptors (Lipinski definition) is 5. The largest absolute Gasteiger partial charge is 0.496 e. The van der Waals surface area contributed by atoms with Crippen LogP contribution in [-0.2, 0) is 0 Å². The van der Waals surface area contributed by atoms with Crippen LogP contribution in [0.25, 0.3) is 0 Å². The second-order valence-electron chi connectivity index (χ2n) is 6.86. The van der Waals surface area contributed by atoms with Gasteiger partial charge in [0.2, 0.25) is 5.89 Å². The molecule has 3 aromatic rings. The normalized spacial score (nSPS) is 19.0. The molecule has 2 heterocycles. The van der Waals surface area contributed by atoms with E-state index in [1.54, 1.807) is 25.1 Å². The second-order valence-corrected chi connectivity index (χ2v) is 7.29. The molecule has 0 spiro atoms. The van der Waals surface area contributed by atoms with Crippen molar-refractivity contribution in [1.82, 2.24) is 15.0 Å². The van der Waals surface area contributed by atoms with E-state index in [4.69, 9.17) is 20.9 Å². The minimum atomic E-state index is -0.104. The van der Waals surface area contributed by atoms with E-state index in [9.17, 15) is 4.79 Å². The number of amides is 1. The van der Waals surface area contributed by atoms with Crippen molar-refractivity contribution in [3.63, 3.8) is 0 Å². The topological polar surface area (TPSA) is 68.5 Å². The number of rotatable bonds is 4. The summed E-state index contributed by atoms with van der Waals surface area (Å²) in [5.41, 5.74) is 1.63. The molecule has 1 saturated heterocycles. The molecule has 0 bridgehead atoms. The predicted octanol–water partition coefficient (Wildman–Crippen LogP) is 4.06. The molecule has 2 unspecified atom stereocenters. The van der Waals surface area contributed by atoms with E-state index in [0.29, 0.717) is 41.1 Å². The first-order chi connectivity index (χ1) is 13.6. The molecule has 28 heavy (non-hydrogen) atoms. The zero-order valence-corrected chi connectivity index (χ0v) is 16.4. The van der Waals surface area contributed by atoms with Crippen LogP contribution in [0.4, 0.5) is 0 Å². The van der Waals surface area contributed by atoms with Crippen LogP contribution in [-0.4, -0.2) is 41.1 Å². The highest BCUT2D eigenvalue weighted by molar-refractivity contribution is 6.30. The van der Waals surface area contributed by atoms with Crippen molar-refractivity contribution in [1.29, 1.82) is 0 Å². The Morgan fingerprint density at radius 1 is 1.18 bits per heavy atom. The molecule has 0 aliphatic carbocycles.